The van der Waals surface area contributed by atoms with Gasteiger partial charge in [0.1, 0.15) is 5.82 Å². The maximum absolute atomic E-state index is 4.32. The number of nitrogens with zero attached hydrogens (tertiary/aromatic N) is 1. The zero-order valence-corrected chi connectivity index (χ0v) is 12.1. The van der Waals surface area contributed by atoms with Crippen molar-refractivity contribution in [3.8, 4) is 0 Å². The first kappa shape index (κ1) is 14.2. The second kappa shape index (κ2) is 8.03. The summed E-state index contributed by atoms with van der Waals surface area (Å²) in [5.41, 5.74) is 1.18. The van der Waals surface area contributed by atoms with Crippen LogP contribution >= 0.6 is 0 Å². The zero-order chi connectivity index (χ0) is 13.3. The van der Waals surface area contributed by atoms with Crippen LogP contribution in [0, 0.1) is 5.92 Å². The van der Waals surface area contributed by atoms with Crippen molar-refractivity contribution in [2.24, 2.45) is 5.92 Å². The standard InChI is InChI=1S/C16H27N3/c1-2-10-18-16-13-15(9-12-19-16)17-11-8-14-6-4-3-5-7-14/h9,12-14H,2-8,10-11H2,1H3,(H2,17,18,19). The van der Waals surface area contributed by atoms with E-state index in [9.17, 15) is 0 Å². The van der Waals surface area contributed by atoms with Gasteiger partial charge in [0.05, 0.1) is 0 Å². The molecule has 0 radical (unpaired) electrons. The second-order valence-corrected chi connectivity index (χ2v) is 5.58. The highest BCUT2D eigenvalue weighted by Gasteiger charge is 2.12. The number of aromatic nitrogens is 1. The maximum Gasteiger partial charge on any atom is 0.127 e. The Morgan fingerprint density at radius 3 is 2.79 bits per heavy atom. The zero-order valence-electron chi connectivity index (χ0n) is 12.1. The fraction of sp³-hybridized carbons (Fsp3) is 0.688. The lowest BCUT2D eigenvalue weighted by Gasteiger charge is -2.21. The minimum Gasteiger partial charge on any atom is -0.385 e. The van der Waals surface area contributed by atoms with Crippen molar-refractivity contribution in [1.29, 1.82) is 0 Å². The summed E-state index contributed by atoms with van der Waals surface area (Å²) in [5, 5.41) is 6.85. The first-order valence-corrected chi connectivity index (χ1v) is 7.82. The predicted octanol–water partition coefficient (Wildman–Crippen LogP) is 4.29. The summed E-state index contributed by atoms with van der Waals surface area (Å²) < 4.78 is 0. The van der Waals surface area contributed by atoms with Gasteiger partial charge in [-0.1, -0.05) is 39.0 Å². The molecule has 0 aromatic carbocycles. The summed E-state index contributed by atoms with van der Waals surface area (Å²) >= 11 is 0. The Balaban J connectivity index is 1.72. The summed E-state index contributed by atoms with van der Waals surface area (Å²) in [5.74, 6) is 1.92. The van der Waals surface area contributed by atoms with Gasteiger partial charge in [0, 0.05) is 31.0 Å². The molecule has 0 amide bonds. The van der Waals surface area contributed by atoms with E-state index < -0.39 is 0 Å². The van der Waals surface area contributed by atoms with Gasteiger partial charge in [-0.15, -0.1) is 0 Å². The lowest BCUT2D eigenvalue weighted by Crippen LogP contribution is -2.12. The summed E-state index contributed by atoms with van der Waals surface area (Å²) in [6.07, 6.45) is 11.5. The van der Waals surface area contributed by atoms with E-state index in [4.69, 9.17) is 0 Å². The van der Waals surface area contributed by atoms with Crippen LogP contribution in [0.4, 0.5) is 11.5 Å². The van der Waals surface area contributed by atoms with Crippen molar-refractivity contribution in [3.63, 3.8) is 0 Å². The van der Waals surface area contributed by atoms with Crippen molar-refractivity contribution in [2.75, 3.05) is 23.7 Å². The van der Waals surface area contributed by atoms with Gasteiger partial charge in [0.2, 0.25) is 0 Å². The first-order valence-electron chi connectivity index (χ1n) is 7.82. The van der Waals surface area contributed by atoms with E-state index in [2.05, 4.69) is 34.7 Å². The van der Waals surface area contributed by atoms with Crippen LogP contribution in [-0.4, -0.2) is 18.1 Å². The Bertz CT molecular complexity index is 359. The Labute approximate surface area is 117 Å². The number of hydrogen-bond donors (Lipinski definition) is 2. The Hall–Kier alpha value is -1.25. The van der Waals surface area contributed by atoms with Crippen LogP contribution in [0.3, 0.4) is 0 Å². The molecule has 0 bridgehead atoms. The smallest absolute Gasteiger partial charge is 0.127 e. The van der Waals surface area contributed by atoms with E-state index in [1.165, 1.54) is 44.2 Å². The molecule has 1 heterocycles. The van der Waals surface area contributed by atoms with Crippen molar-refractivity contribution in [3.05, 3.63) is 18.3 Å². The third-order valence-corrected chi connectivity index (χ3v) is 3.92. The lowest BCUT2D eigenvalue weighted by molar-refractivity contribution is 0.345. The second-order valence-electron chi connectivity index (χ2n) is 5.58. The lowest BCUT2D eigenvalue weighted by atomic mass is 9.87. The van der Waals surface area contributed by atoms with Crippen molar-refractivity contribution in [2.45, 2.75) is 51.9 Å². The Kier molecular flexibility index (Phi) is 5.99. The quantitative estimate of drug-likeness (QED) is 0.769. The minimum atomic E-state index is 0.945. The van der Waals surface area contributed by atoms with E-state index in [0.717, 1.165) is 31.2 Å². The van der Waals surface area contributed by atoms with Crippen molar-refractivity contribution in [1.82, 2.24) is 4.98 Å². The molecule has 0 spiro atoms. The Morgan fingerprint density at radius 1 is 1.16 bits per heavy atom. The fourth-order valence-corrected chi connectivity index (χ4v) is 2.79. The van der Waals surface area contributed by atoms with Gasteiger partial charge in [0.25, 0.3) is 0 Å². The average Bonchev–Trinajstić information content (AvgIpc) is 2.47. The Morgan fingerprint density at radius 2 is 2.00 bits per heavy atom. The third kappa shape index (κ3) is 5.09. The number of hydrogen-bond acceptors (Lipinski definition) is 3. The minimum absolute atomic E-state index is 0.945. The summed E-state index contributed by atoms with van der Waals surface area (Å²) in [4.78, 5) is 4.32. The van der Waals surface area contributed by atoms with E-state index >= 15 is 0 Å². The molecule has 1 aliphatic carbocycles. The van der Waals surface area contributed by atoms with Gasteiger partial charge < -0.3 is 10.6 Å². The maximum atomic E-state index is 4.32. The topological polar surface area (TPSA) is 37.0 Å². The molecular formula is C16H27N3. The van der Waals surface area contributed by atoms with Crippen LogP contribution in [0.15, 0.2) is 18.3 Å². The summed E-state index contributed by atoms with van der Waals surface area (Å²) in [7, 11) is 0. The van der Waals surface area contributed by atoms with Crippen LogP contribution in [0.5, 0.6) is 0 Å². The highest BCUT2D eigenvalue weighted by Crippen LogP contribution is 2.26. The van der Waals surface area contributed by atoms with Crippen molar-refractivity contribution >= 4 is 11.5 Å². The fourth-order valence-electron chi connectivity index (χ4n) is 2.79. The van der Waals surface area contributed by atoms with E-state index in [0.29, 0.717) is 0 Å². The molecule has 0 unspecified atom stereocenters. The van der Waals surface area contributed by atoms with Gasteiger partial charge in [0.15, 0.2) is 0 Å². The summed E-state index contributed by atoms with van der Waals surface area (Å²) in [6.45, 7) is 4.24. The molecule has 1 saturated carbocycles. The summed E-state index contributed by atoms with van der Waals surface area (Å²) in [6, 6.07) is 4.16. The van der Waals surface area contributed by atoms with Gasteiger partial charge in [-0.05, 0) is 24.8 Å². The monoisotopic (exact) mass is 261 g/mol. The molecule has 0 saturated heterocycles. The van der Waals surface area contributed by atoms with Gasteiger partial charge in [-0.3, -0.25) is 0 Å². The molecule has 1 aliphatic rings. The molecule has 2 rings (SSSR count). The molecule has 1 fully saturated rings. The molecule has 1 aromatic heterocycles. The van der Waals surface area contributed by atoms with Crippen LogP contribution in [0.1, 0.15) is 51.9 Å². The van der Waals surface area contributed by atoms with E-state index in [-0.39, 0.29) is 0 Å². The highest BCUT2D eigenvalue weighted by molar-refractivity contribution is 5.51. The number of anilines is 2. The van der Waals surface area contributed by atoms with Crippen LogP contribution < -0.4 is 10.6 Å². The predicted molar refractivity (Wildman–Crippen MR) is 82.7 cm³/mol. The highest BCUT2D eigenvalue weighted by atomic mass is 15.0. The molecular weight excluding hydrogens is 234 g/mol. The third-order valence-electron chi connectivity index (χ3n) is 3.92. The molecule has 2 N–H and O–H groups in total. The van der Waals surface area contributed by atoms with Gasteiger partial charge in [-0.25, -0.2) is 4.98 Å². The first-order chi connectivity index (χ1) is 9.38. The molecule has 1 aromatic rings. The van der Waals surface area contributed by atoms with Gasteiger partial charge in [-0.2, -0.15) is 0 Å². The van der Waals surface area contributed by atoms with E-state index in [1.54, 1.807) is 0 Å². The van der Waals surface area contributed by atoms with Crippen molar-refractivity contribution < 1.29 is 0 Å². The SMILES string of the molecule is CCCNc1cc(NCCC2CCCCC2)ccn1. The normalized spacial score (nSPS) is 16.3. The molecule has 0 atom stereocenters. The van der Waals surface area contributed by atoms with Crippen LogP contribution in [0.2, 0.25) is 0 Å². The molecule has 3 heteroatoms. The molecule has 3 nitrogen and oxygen atoms in total. The molecule has 19 heavy (non-hydrogen) atoms. The number of rotatable bonds is 7. The molecule has 106 valence electrons. The van der Waals surface area contributed by atoms with Gasteiger partial charge >= 0.3 is 0 Å². The largest absolute Gasteiger partial charge is 0.385 e. The number of nitrogens with one attached hydrogen (secondary N) is 2. The number of pyridine rings is 1. The van der Waals surface area contributed by atoms with E-state index in [1.807, 2.05) is 6.20 Å². The van der Waals surface area contributed by atoms with Crippen LogP contribution in [-0.2, 0) is 0 Å². The average molecular weight is 261 g/mol. The van der Waals surface area contributed by atoms with Crippen LogP contribution in [0.25, 0.3) is 0 Å². The molecule has 0 aliphatic heterocycles.